The molecule has 0 saturated heterocycles. The third-order valence-corrected chi connectivity index (χ3v) is 4.61. The Morgan fingerprint density at radius 3 is 2.29 bits per heavy atom. The predicted molar refractivity (Wildman–Crippen MR) is 107 cm³/mol. The van der Waals surface area contributed by atoms with Gasteiger partial charge in [-0.15, -0.1) is 0 Å². The number of hydrogen-bond donors (Lipinski definition) is 0. The fraction of sp³-hybridized carbons (Fsp3) is 0.174. The van der Waals surface area contributed by atoms with Crippen LogP contribution in [0.5, 0.6) is 17.2 Å². The highest BCUT2D eigenvalue weighted by molar-refractivity contribution is 5.98. The molecule has 4 rings (SSSR count). The molecule has 1 amide bonds. The Morgan fingerprint density at radius 1 is 0.929 bits per heavy atom. The van der Waals surface area contributed by atoms with Gasteiger partial charge in [0, 0.05) is 12.1 Å². The van der Waals surface area contributed by atoms with E-state index in [0.29, 0.717) is 36.1 Å². The number of fused-ring (bicyclic) bond motifs is 1. The molecule has 1 aliphatic heterocycles. The van der Waals surface area contributed by atoms with Gasteiger partial charge in [0.1, 0.15) is 12.4 Å². The van der Waals surface area contributed by atoms with Gasteiger partial charge >= 0.3 is 0 Å². The molecule has 0 fully saturated rings. The number of anilines is 1. The normalized spacial score (nSPS) is 12.9. The minimum Gasteiger partial charge on any atom is -0.493 e. The van der Waals surface area contributed by atoms with Crippen molar-refractivity contribution in [3.05, 3.63) is 83.9 Å². The molecule has 28 heavy (non-hydrogen) atoms. The smallest absolute Gasteiger partial charge is 0.265 e. The van der Waals surface area contributed by atoms with Gasteiger partial charge in [-0.05, 0) is 11.1 Å². The number of nitrogens with zero attached hydrogens (tertiary/aromatic N) is 1. The zero-order valence-corrected chi connectivity index (χ0v) is 15.6. The second-order valence-corrected chi connectivity index (χ2v) is 6.50. The van der Waals surface area contributed by atoms with Crippen LogP contribution in [0.3, 0.4) is 0 Å². The summed E-state index contributed by atoms with van der Waals surface area (Å²) in [6, 6.07) is 23.4. The van der Waals surface area contributed by atoms with E-state index in [2.05, 4.69) is 0 Å². The molecule has 0 aromatic heterocycles. The fourth-order valence-corrected chi connectivity index (χ4v) is 3.16. The van der Waals surface area contributed by atoms with E-state index in [4.69, 9.17) is 14.2 Å². The summed E-state index contributed by atoms with van der Waals surface area (Å²) in [6.45, 7) is 0.886. The molecule has 1 aliphatic rings. The van der Waals surface area contributed by atoms with Gasteiger partial charge in [-0.25, -0.2) is 0 Å². The molecule has 142 valence electrons. The van der Waals surface area contributed by atoms with Crippen LogP contribution in [0.2, 0.25) is 0 Å². The minimum atomic E-state index is -0.0875. The molecular formula is C23H21NO4. The van der Waals surface area contributed by atoms with Gasteiger partial charge in [-0.3, -0.25) is 4.79 Å². The van der Waals surface area contributed by atoms with Crippen LogP contribution in [0.1, 0.15) is 11.1 Å². The molecule has 5 heteroatoms. The quantitative estimate of drug-likeness (QED) is 0.648. The Morgan fingerprint density at radius 2 is 1.61 bits per heavy atom. The third-order valence-electron chi connectivity index (χ3n) is 4.61. The summed E-state index contributed by atoms with van der Waals surface area (Å²) in [5, 5.41) is 0. The molecule has 0 radical (unpaired) electrons. The lowest BCUT2D eigenvalue weighted by Gasteiger charge is -2.30. The van der Waals surface area contributed by atoms with E-state index in [-0.39, 0.29) is 12.5 Å². The number of amides is 1. The lowest BCUT2D eigenvalue weighted by Crippen LogP contribution is -2.38. The summed E-state index contributed by atoms with van der Waals surface area (Å²) in [6.07, 6.45) is 0. The Labute approximate surface area is 164 Å². The van der Waals surface area contributed by atoms with E-state index in [1.54, 1.807) is 18.1 Å². The first-order chi connectivity index (χ1) is 13.7. The number of carbonyl (C=O) groups is 1. The van der Waals surface area contributed by atoms with Crippen LogP contribution < -0.4 is 19.1 Å². The second-order valence-electron chi connectivity index (χ2n) is 6.50. The van der Waals surface area contributed by atoms with Gasteiger partial charge in [0.05, 0.1) is 19.3 Å². The van der Waals surface area contributed by atoms with Crippen molar-refractivity contribution in [1.29, 1.82) is 0 Å². The van der Waals surface area contributed by atoms with Crippen molar-refractivity contribution < 1.29 is 19.0 Å². The molecule has 0 N–H and O–H groups in total. The van der Waals surface area contributed by atoms with E-state index in [9.17, 15) is 4.79 Å². The standard InChI is InChI=1S/C23H21NO4/c1-26-21-13-20-19(12-22(21)27-15-18-10-6-3-7-11-18)24(23(25)16-28-20)14-17-8-4-2-5-9-17/h2-13H,14-16H2,1H3. The molecule has 0 saturated carbocycles. The Kier molecular flexibility index (Phi) is 5.15. The maximum Gasteiger partial charge on any atom is 0.265 e. The maximum atomic E-state index is 12.5. The van der Waals surface area contributed by atoms with E-state index in [1.165, 1.54) is 0 Å². The fourth-order valence-electron chi connectivity index (χ4n) is 3.16. The number of hydrogen-bond acceptors (Lipinski definition) is 4. The molecule has 3 aromatic carbocycles. The first-order valence-corrected chi connectivity index (χ1v) is 9.10. The summed E-state index contributed by atoms with van der Waals surface area (Å²) >= 11 is 0. The Hall–Kier alpha value is -3.47. The van der Waals surface area contributed by atoms with E-state index in [0.717, 1.165) is 11.1 Å². The topological polar surface area (TPSA) is 48.0 Å². The lowest BCUT2D eigenvalue weighted by molar-refractivity contribution is -0.121. The SMILES string of the molecule is COc1cc2c(cc1OCc1ccccc1)N(Cc1ccccc1)C(=O)CO2. The van der Waals surface area contributed by atoms with E-state index in [1.807, 2.05) is 66.7 Å². The van der Waals surface area contributed by atoms with Crippen molar-refractivity contribution in [2.24, 2.45) is 0 Å². The largest absolute Gasteiger partial charge is 0.493 e. The van der Waals surface area contributed by atoms with Crippen LogP contribution in [-0.2, 0) is 17.9 Å². The van der Waals surface area contributed by atoms with Gasteiger partial charge in [0.2, 0.25) is 0 Å². The first-order valence-electron chi connectivity index (χ1n) is 9.10. The lowest BCUT2D eigenvalue weighted by atomic mass is 10.1. The van der Waals surface area contributed by atoms with Crippen molar-refractivity contribution in [3.63, 3.8) is 0 Å². The van der Waals surface area contributed by atoms with Crippen LogP contribution in [0.15, 0.2) is 72.8 Å². The van der Waals surface area contributed by atoms with Gasteiger partial charge in [-0.2, -0.15) is 0 Å². The van der Waals surface area contributed by atoms with Crippen molar-refractivity contribution in [3.8, 4) is 17.2 Å². The Balaban J connectivity index is 1.64. The average Bonchev–Trinajstić information content (AvgIpc) is 2.75. The van der Waals surface area contributed by atoms with Crippen molar-refractivity contribution in [2.75, 3.05) is 18.6 Å². The first kappa shape index (κ1) is 17.9. The average molecular weight is 375 g/mol. The molecule has 1 heterocycles. The number of methoxy groups -OCH3 is 1. The minimum absolute atomic E-state index is 0.00715. The van der Waals surface area contributed by atoms with Crippen LogP contribution in [0, 0.1) is 0 Å². The molecule has 0 atom stereocenters. The molecular weight excluding hydrogens is 354 g/mol. The van der Waals surface area contributed by atoms with Gasteiger partial charge < -0.3 is 19.1 Å². The molecule has 5 nitrogen and oxygen atoms in total. The van der Waals surface area contributed by atoms with Gasteiger partial charge in [0.25, 0.3) is 5.91 Å². The number of rotatable bonds is 6. The van der Waals surface area contributed by atoms with Gasteiger partial charge in [0.15, 0.2) is 18.1 Å². The zero-order chi connectivity index (χ0) is 19.3. The van der Waals surface area contributed by atoms with Crippen LogP contribution >= 0.6 is 0 Å². The molecule has 0 spiro atoms. The second kappa shape index (κ2) is 8.05. The highest BCUT2D eigenvalue weighted by atomic mass is 16.5. The Bertz CT molecular complexity index is 957. The molecule has 0 bridgehead atoms. The summed E-state index contributed by atoms with van der Waals surface area (Å²) in [4.78, 5) is 14.3. The summed E-state index contributed by atoms with van der Waals surface area (Å²) in [5.74, 6) is 1.67. The zero-order valence-electron chi connectivity index (χ0n) is 15.6. The van der Waals surface area contributed by atoms with Crippen LogP contribution in [0.4, 0.5) is 5.69 Å². The monoisotopic (exact) mass is 375 g/mol. The number of benzene rings is 3. The number of carbonyl (C=O) groups excluding carboxylic acids is 1. The van der Waals surface area contributed by atoms with Crippen LogP contribution in [-0.4, -0.2) is 19.6 Å². The predicted octanol–water partition coefficient (Wildman–Crippen LogP) is 4.20. The third kappa shape index (κ3) is 3.78. The molecule has 3 aromatic rings. The van der Waals surface area contributed by atoms with Crippen molar-refractivity contribution in [2.45, 2.75) is 13.2 Å². The van der Waals surface area contributed by atoms with Crippen LogP contribution in [0.25, 0.3) is 0 Å². The summed E-state index contributed by atoms with van der Waals surface area (Å²) < 4.78 is 17.1. The summed E-state index contributed by atoms with van der Waals surface area (Å²) in [5.41, 5.74) is 2.78. The summed E-state index contributed by atoms with van der Waals surface area (Å²) in [7, 11) is 1.59. The number of ether oxygens (including phenoxy) is 3. The molecule has 0 unspecified atom stereocenters. The van der Waals surface area contributed by atoms with Gasteiger partial charge in [-0.1, -0.05) is 60.7 Å². The highest BCUT2D eigenvalue weighted by Gasteiger charge is 2.28. The van der Waals surface area contributed by atoms with Crippen molar-refractivity contribution in [1.82, 2.24) is 0 Å². The van der Waals surface area contributed by atoms with Crippen molar-refractivity contribution >= 4 is 11.6 Å². The highest BCUT2D eigenvalue weighted by Crippen LogP contribution is 2.42. The maximum absolute atomic E-state index is 12.5. The van der Waals surface area contributed by atoms with E-state index >= 15 is 0 Å². The molecule has 0 aliphatic carbocycles. The van der Waals surface area contributed by atoms with E-state index < -0.39 is 0 Å².